The lowest BCUT2D eigenvalue weighted by Crippen LogP contribution is -2.27. The minimum atomic E-state index is 0.740. The molecule has 1 saturated heterocycles. The van der Waals surface area contributed by atoms with Crippen LogP contribution in [0, 0.1) is 5.92 Å². The average Bonchev–Trinajstić information content (AvgIpc) is 2.89. The molecule has 118 valence electrons. The fourth-order valence-corrected chi connectivity index (χ4v) is 2.81. The Kier molecular flexibility index (Phi) is 6.42. The van der Waals surface area contributed by atoms with Crippen LogP contribution in [-0.2, 0) is 11.3 Å². The fraction of sp³-hybridized carbons (Fsp3) is 0.688. The third kappa shape index (κ3) is 5.26. The third-order valence-electron chi connectivity index (χ3n) is 4.03. The van der Waals surface area contributed by atoms with Gasteiger partial charge in [-0.1, -0.05) is 6.07 Å². The van der Waals surface area contributed by atoms with Crippen molar-refractivity contribution in [2.75, 3.05) is 58.9 Å². The largest absolute Gasteiger partial charge is 0.383 e. The van der Waals surface area contributed by atoms with Gasteiger partial charge in [-0.3, -0.25) is 0 Å². The lowest BCUT2D eigenvalue weighted by molar-refractivity contribution is 0.199. The molecule has 2 rings (SSSR count). The first-order valence-electron chi connectivity index (χ1n) is 7.73. The maximum absolute atomic E-state index is 5.01. The van der Waals surface area contributed by atoms with Crippen LogP contribution in [0.1, 0.15) is 12.0 Å². The molecular weight excluding hydrogens is 264 g/mol. The second-order valence-electron chi connectivity index (χ2n) is 5.99. The van der Waals surface area contributed by atoms with E-state index in [9.17, 15) is 0 Å². The van der Waals surface area contributed by atoms with Crippen molar-refractivity contribution >= 4 is 5.82 Å². The van der Waals surface area contributed by atoms with Gasteiger partial charge in [-0.05, 0) is 37.6 Å². The molecule has 0 bridgehead atoms. The number of likely N-dealkylation sites (tertiary alicyclic amines) is 1. The summed E-state index contributed by atoms with van der Waals surface area (Å²) in [5.74, 6) is 1.82. The van der Waals surface area contributed by atoms with Gasteiger partial charge in [0.1, 0.15) is 5.82 Å². The van der Waals surface area contributed by atoms with Crippen molar-refractivity contribution in [1.82, 2.24) is 15.2 Å². The quantitative estimate of drug-likeness (QED) is 0.729. The lowest BCUT2D eigenvalue weighted by atomic mass is 10.1. The van der Waals surface area contributed by atoms with Crippen LogP contribution in [0.2, 0.25) is 0 Å². The summed E-state index contributed by atoms with van der Waals surface area (Å²) in [4.78, 5) is 9.25. The van der Waals surface area contributed by atoms with Crippen molar-refractivity contribution in [2.24, 2.45) is 5.92 Å². The molecule has 2 heterocycles. The van der Waals surface area contributed by atoms with Gasteiger partial charge in [-0.2, -0.15) is 0 Å². The number of nitrogens with one attached hydrogen (secondary N) is 1. The minimum absolute atomic E-state index is 0.740. The first-order chi connectivity index (χ1) is 10.2. The van der Waals surface area contributed by atoms with Gasteiger partial charge in [0, 0.05) is 46.5 Å². The molecule has 1 aromatic rings. The summed E-state index contributed by atoms with van der Waals surface area (Å²) in [5, 5.41) is 3.33. The summed E-state index contributed by atoms with van der Waals surface area (Å²) in [6.45, 7) is 5.96. The van der Waals surface area contributed by atoms with Crippen LogP contribution in [0.15, 0.2) is 18.3 Å². The Morgan fingerprint density at radius 2 is 2.33 bits per heavy atom. The minimum Gasteiger partial charge on any atom is -0.383 e. The standard InChI is InChI=1S/C16H28N4O/c1-19-8-6-15(12-19)13-20(2)16-5-4-14(11-18-16)10-17-7-9-21-3/h4-5,11,15,17H,6-10,12-13H2,1-3H3. The zero-order chi connectivity index (χ0) is 15.1. The fourth-order valence-electron chi connectivity index (χ4n) is 2.81. The second-order valence-corrected chi connectivity index (χ2v) is 5.99. The normalized spacial score (nSPS) is 19.1. The van der Waals surface area contributed by atoms with Crippen molar-refractivity contribution in [3.8, 4) is 0 Å². The van der Waals surface area contributed by atoms with E-state index < -0.39 is 0 Å². The van der Waals surface area contributed by atoms with Crippen molar-refractivity contribution < 1.29 is 4.74 Å². The highest BCUT2D eigenvalue weighted by molar-refractivity contribution is 5.38. The number of anilines is 1. The number of ether oxygens (including phenoxy) is 1. The second kappa shape index (κ2) is 8.32. The molecule has 5 heteroatoms. The van der Waals surface area contributed by atoms with Crippen LogP contribution in [0.4, 0.5) is 5.82 Å². The van der Waals surface area contributed by atoms with Gasteiger partial charge in [0.05, 0.1) is 6.61 Å². The number of pyridine rings is 1. The maximum Gasteiger partial charge on any atom is 0.128 e. The Hall–Kier alpha value is -1.17. The van der Waals surface area contributed by atoms with Gasteiger partial charge in [-0.25, -0.2) is 4.98 Å². The van der Waals surface area contributed by atoms with Gasteiger partial charge >= 0.3 is 0 Å². The molecule has 21 heavy (non-hydrogen) atoms. The van der Waals surface area contributed by atoms with Crippen LogP contribution in [-0.4, -0.2) is 63.9 Å². The molecule has 0 spiro atoms. The molecule has 1 aliphatic heterocycles. The van der Waals surface area contributed by atoms with Crippen molar-refractivity contribution in [2.45, 2.75) is 13.0 Å². The average molecular weight is 292 g/mol. The molecule has 1 aliphatic rings. The Morgan fingerprint density at radius 3 is 2.95 bits per heavy atom. The zero-order valence-corrected chi connectivity index (χ0v) is 13.5. The highest BCUT2D eigenvalue weighted by Gasteiger charge is 2.21. The van der Waals surface area contributed by atoms with Gasteiger partial charge in [-0.15, -0.1) is 0 Å². The number of nitrogens with zero attached hydrogens (tertiary/aromatic N) is 3. The SMILES string of the molecule is COCCNCc1ccc(N(C)CC2CCN(C)C2)nc1. The molecule has 1 fully saturated rings. The molecule has 0 radical (unpaired) electrons. The predicted octanol–water partition coefficient (Wildman–Crippen LogP) is 1.21. The van der Waals surface area contributed by atoms with Crippen LogP contribution < -0.4 is 10.2 Å². The topological polar surface area (TPSA) is 40.6 Å². The van der Waals surface area contributed by atoms with E-state index in [1.54, 1.807) is 7.11 Å². The van der Waals surface area contributed by atoms with Gasteiger partial charge < -0.3 is 19.9 Å². The first-order valence-corrected chi connectivity index (χ1v) is 7.73. The number of hydrogen-bond acceptors (Lipinski definition) is 5. The highest BCUT2D eigenvalue weighted by atomic mass is 16.5. The monoisotopic (exact) mass is 292 g/mol. The molecule has 1 N–H and O–H groups in total. The van der Waals surface area contributed by atoms with Crippen molar-refractivity contribution in [1.29, 1.82) is 0 Å². The van der Waals surface area contributed by atoms with Gasteiger partial charge in [0.25, 0.3) is 0 Å². The molecular formula is C16H28N4O. The van der Waals surface area contributed by atoms with Crippen LogP contribution >= 0.6 is 0 Å². The summed E-state index contributed by atoms with van der Waals surface area (Å²) >= 11 is 0. The van der Waals surface area contributed by atoms with Crippen molar-refractivity contribution in [3.05, 3.63) is 23.9 Å². The Morgan fingerprint density at radius 1 is 1.48 bits per heavy atom. The number of methoxy groups -OCH3 is 1. The number of hydrogen-bond donors (Lipinski definition) is 1. The molecule has 1 unspecified atom stereocenters. The van der Waals surface area contributed by atoms with Gasteiger partial charge in [0.2, 0.25) is 0 Å². The van der Waals surface area contributed by atoms with Gasteiger partial charge in [0.15, 0.2) is 0 Å². The zero-order valence-electron chi connectivity index (χ0n) is 13.5. The molecule has 0 saturated carbocycles. The maximum atomic E-state index is 5.01. The Bertz CT molecular complexity index is 409. The smallest absolute Gasteiger partial charge is 0.128 e. The highest BCUT2D eigenvalue weighted by Crippen LogP contribution is 2.18. The van der Waals surface area contributed by atoms with E-state index in [0.29, 0.717) is 0 Å². The molecule has 0 amide bonds. The Labute approximate surface area is 128 Å². The van der Waals surface area contributed by atoms with Crippen LogP contribution in [0.3, 0.4) is 0 Å². The summed E-state index contributed by atoms with van der Waals surface area (Å²) in [5.41, 5.74) is 1.21. The Balaban J connectivity index is 1.78. The molecule has 0 aliphatic carbocycles. The third-order valence-corrected chi connectivity index (χ3v) is 4.03. The van der Waals surface area contributed by atoms with Crippen molar-refractivity contribution in [3.63, 3.8) is 0 Å². The first kappa shape index (κ1) is 16.2. The molecule has 1 atom stereocenters. The summed E-state index contributed by atoms with van der Waals surface area (Å²) in [6.07, 6.45) is 3.26. The van der Waals surface area contributed by atoms with E-state index >= 15 is 0 Å². The summed E-state index contributed by atoms with van der Waals surface area (Å²) in [6, 6.07) is 4.27. The van der Waals surface area contributed by atoms with E-state index in [1.807, 2.05) is 6.20 Å². The lowest BCUT2D eigenvalue weighted by Gasteiger charge is -2.22. The van der Waals surface area contributed by atoms with Crippen LogP contribution in [0.25, 0.3) is 0 Å². The number of rotatable bonds is 8. The molecule has 1 aromatic heterocycles. The van der Waals surface area contributed by atoms with Crippen LogP contribution in [0.5, 0.6) is 0 Å². The predicted molar refractivity (Wildman–Crippen MR) is 86.7 cm³/mol. The molecule has 0 aromatic carbocycles. The summed E-state index contributed by atoms with van der Waals surface area (Å²) in [7, 11) is 6.05. The van der Waals surface area contributed by atoms with E-state index in [1.165, 1.54) is 25.1 Å². The van der Waals surface area contributed by atoms with E-state index in [-0.39, 0.29) is 0 Å². The number of aromatic nitrogens is 1. The summed E-state index contributed by atoms with van der Waals surface area (Å²) < 4.78 is 5.01. The molecule has 5 nitrogen and oxygen atoms in total. The van der Waals surface area contributed by atoms with E-state index in [0.717, 1.165) is 38.0 Å². The van der Waals surface area contributed by atoms with E-state index in [4.69, 9.17) is 4.74 Å². The van der Waals surface area contributed by atoms with E-state index in [2.05, 4.69) is 46.3 Å².